The summed E-state index contributed by atoms with van der Waals surface area (Å²) in [6.07, 6.45) is 7.44. The first-order chi connectivity index (χ1) is 14.7. The van der Waals surface area contributed by atoms with Crippen molar-refractivity contribution in [3.63, 3.8) is 0 Å². The third-order valence-corrected chi connectivity index (χ3v) is 6.47. The van der Waals surface area contributed by atoms with E-state index in [1.54, 1.807) is 7.11 Å². The lowest BCUT2D eigenvalue weighted by Crippen LogP contribution is -2.42. The van der Waals surface area contributed by atoms with Crippen molar-refractivity contribution in [2.24, 2.45) is 11.8 Å². The molecule has 0 saturated carbocycles. The third-order valence-electron chi connectivity index (χ3n) is 6.47. The molecular weight excluding hydrogens is 372 g/mol. The van der Waals surface area contributed by atoms with Crippen molar-refractivity contribution < 1.29 is 9.53 Å². The van der Waals surface area contributed by atoms with Crippen molar-refractivity contribution in [3.8, 4) is 5.75 Å². The predicted octanol–water partition coefficient (Wildman–Crippen LogP) is 4.51. The highest BCUT2D eigenvalue weighted by Crippen LogP contribution is 2.31. The normalized spacial score (nSPS) is 20.9. The second-order valence-corrected chi connectivity index (χ2v) is 8.48. The minimum Gasteiger partial charge on any atom is -0.497 e. The minimum absolute atomic E-state index is 0.105. The van der Waals surface area contributed by atoms with Gasteiger partial charge in [0.05, 0.1) is 7.11 Å². The number of carbonyl (C=O) groups is 1. The monoisotopic (exact) mass is 404 g/mol. The van der Waals surface area contributed by atoms with Crippen molar-refractivity contribution in [1.82, 2.24) is 9.80 Å². The zero-order valence-electron chi connectivity index (χ0n) is 17.9. The molecule has 0 radical (unpaired) electrons. The Morgan fingerprint density at radius 1 is 0.933 bits per heavy atom. The molecule has 1 atom stereocenters. The Morgan fingerprint density at radius 2 is 1.70 bits per heavy atom. The lowest BCUT2D eigenvalue weighted by molar-refractivity contribution is -0.137. The van der Waals surface area contributed by atoms with Gasteiger partial charge in [-0.25, -0.2) is 0 Å². The first kappa shape index (κ1) is 20.7. The van der Waals surface area contributed by atoms with Crippen LogP contribution in [-0.2, 0) is 17.9 Å². The Hall–Kier alpha value is -2.59. The van der Waals surface area contributed by atoms with E-state index in [0.29, 0.717) is 24.9 Å². The molecule has 4 heteroatoms. The number of nitrogens with zero attached hydrogens (tertiary/aromatic N) is 2. The van der Waals surface area contributed by atoms with Gasteiger partial charge in [-0.3, -0.25) is 9.69 Å². The van der Waals surface area contributed by atoms with Crippen molar-refractivity contribution >= 4 is 5.91 Å². The topological polar surface area (TPSA) is 32.8 Å². The maximum Gasteiger partial charge on any atom is 0.226 e. The Bertz CT molecular complexity index is 856. The molecule has 158 valence electrons. The molecule has 2 aromatic rings. The van der Waals surface area contributed by atoms with E-state index in [0.717, 1.165) is 50.2 Å². The van der Waals surface area contributed by atoms with E-state index in [9.17, 15) is 4.79 Å². The summed E-state index contributed by atoms with van der Waals surface area (Å²) in [5, 5.41) is 0. The summed E-state index contributed by atoms with van der Waals surface area (Å²) in [6.45, 7) is 4.49. The average molecular weight is 405 g/mol. The molecule has 1 fully saturated rings. The Labute approximate surface area is 180 Å². The molecule has 1 unspecified atom stereocenters. The van der Waals surface area contributed by atoms with Crippen LogP contribution in [0.3, 0.4) is 0 Å². The van der Waals surface area contributed by atoms with Crippen LogP contribution in [0, 0.1) is 11.8 Å². The fraction of sp³-hybridized carbons (Fsp3) is 0.423. The highest BCUT2D eigenvalue weighted by Gasteiger charge is 2.34. The van der Waals surface area contributed by atoms with Crippen LogP contribution < -0.4 is 4.74 Å². The van der Waals surface area contributed by atoms with Gasteiger partial charge in [0, 0.05) is 25.6 Å². The van der Waals surface area contributed by atoms with Gasteiger partial charge in [-0.05, 0) is 61.5 Å². The number of hydrogen-bond acceptors (Lipinski definition) is 3. The molecule has 30 heavy (non-hydrogen) atoms. The van der Waals surface area contributed by atoms with Crippen molar-refractivity contribution in [2.45, 2.75) is 32.4 Å². The zero-order chi connectivity index (χ0) is 20.8. The van der Waals surface area contributed by atoms with Gasteiger partial charge in [0.1, 0.15) is 5.75 Å². The molecule has 2 aliphatic heterocycles. The number of methoxy groups -OCH3 is 1. The lowest BCUT2D eigenvalue weighted by atomic mass is 9.81. The summed E-state index contributed by atoms with van der Waals surface area (Å²) < 4.78 is 5.34. The van der Waals surface area contributed by atoms with Crippen LogP contribution in [0.15, 0.2) is 66.7 Å². The van der Waals surface area contributed by atoms with Gasteiger partial charge in [-0.15, -0.1) is 0 Å². The largest absolute Gasteiger partial charge is 0.497 e. The van der Waals surface area contributed by atoms with Gasteiger partial charge < -0.3 is 9.64 Å². The minimum atomic E-state index is 0.105. The van der Waals surface area contributed by atoms with Crippen molar-refractivity contribution in [3.05, 3.63) is 77.9 Å². The van der Waals surface area contributed by atoms with E-state index in [-0.39, 0.29) is 5.92 Å². The van der Waals surface area contributed by atoms with Crippen LogP contribution in [-0.4, -0.2) is 42.5 Å². The van der Waals surface area contributed by atoms with E-state index in [1.807, 2.05) is 23.1 Å². The number of amides is 1. The molecule has 1 saturated heterocycles. The summed E-state index contributed by atoms with van der Waals surface area (Å²) in [6, 6.07) is 18.7. The van der Waals surface area contributed by atoms with Crippen LogP contribution in [0.2, 0.25) is 0 Å². The average Bonchev–Trinajstić information content (AvgIpc) is 2.97. The second-order valence-electron chi connectivity index (χ2n) is 8.48. The fourth-order valence-corrected chi connectivity index (χ4v) is 4.75. The summed E-state index contributed by atoms with van der Waals surface area (Å²) >= 11 is 0. The van der Waals surface area contributed by atoms with Gasteiger partial charge in [0.15, 0.2) is 0 Å². The lowest BCUT2D eigenvalue weighted by Gasteiger charge is -2.36. The van der Waals surface area contributed by atoms with E-state index in [1.165, 1.54) is 5.56 Å². The number of piperidine rings is 1. The molecular formula is C26H32N2O2. The smallest absolute Gasteiger partial charge is 0.226 e. The number of allylic oxidation sites excluding steroid dienone is 1. The van der Waals surface area contributed by atoms with E-state index >= 15 is 0 Å². The maximum atomic E-state index is 13.4. The number of hydrogen-bond donors (Lipinski definition) is 0. The molecule has 4 rings (SSSR count). The number of benzene rings is 2. The van der Waals surface area contributed by atoms with Crippen molar-refractivity contribution in [1.29, 1.82) is 0 Å². The number of rotatable bonds is 6. The molecule has 0 N–H and O–H groups in total. The molecule has 4 nitrogen and oxygen atoms in total. The Morgan fingerprint density at radius 3 is 2.47 bits per heavy atom. The van der Waals surface area contributed by atoms with Crippen molar-refractivity contribution in [2.75, 3.05) is 26.7 Å². The quantitative estimate of drug-likeness (QED) is 0.664. The molecule has 0 aliphatic carbocycles. The summed E-state index contributed by atoms with van der Waals surface area (Å²) in [7, 11) is 1.68. The van der Waals surface area contributed by atoms with Gasteiger partial charge in [0.2, 0.25) is 5.91 Å². The van der Waals surface area contributed by atoms with Crippen LogP contribution in [0.1, 0.15) is 30.4 Å². The molecule has 0 spiro atoms. The van der Waals surface area contributed by atoms with Crippen LogP contribution in [0.4, 0.5) is 0 Å². The van der Waals surface area contributed by atoms with E-state index in [2.05, 4.69) is 53.5 Å². The zero-order valence-corrected chi connectivity index (χ0v) is 17.9. The van der Waals surface area contributed by atoms with Crippen LogP contribution in [0.5, 0.6) is 5.75 Å². The number of likely N-dealkylation sites (tertiary alicyclic amines) is 1. The highest BCUT2D eigenvalue weighted by molar-refractivity contribution is 5.80. The molecule has 0 bridgehead atoms. The SMILES string of the molecule is COc1cccc(CN2CC=CCC(C3CCN(Cc4ccccc4)CC3)C2=O)c1. The first-order valence-electron chi connectivity index (χ1n) is 11.1. The molecule has 2 aromatic carbocycles. The standard InChI is InChI=1S/C26H32N2O2/c1-30-24-11-7-10-22(18-24)20-28-15-6-5-12-25(26(28)29)23-13-16-27(17-14-23)19-21-8-3-2-4-9-21/h2-11,18,23,25H,12-17,19-20H2,1H3. The molecule has 0 aromatic heterocycles. The third kappa shape index (κ3) is 5.11. The van der Waals surface area contributed by atoms with Crippen LogP contribution in [0.25, 0.3) is 0 Å². The number of carbonyl (C=O) groups excluding carboxylic acids is 1. The fourth-order valence-electron chi connectivity index (χ4n) is 4.75. The molecule has 2 heterocycles. The van der Waals surface area contributed by atoms with E-state index in [4.69, 9.17) is 4.74 Å². The predicted molar refractivity (Wildman–Crippen MR) is 120 cm³/mol. The van der Waals surface area contributed by atoms with Crippen LogP contribution >= 0.6 is 0 Å². The van der Waals surface area contributed by atoms with Gasteiger partial charge in [0.25, 0.3) is 0 Å². The van der Waals surface area contributed by atoms with E-state index < -0.39 is 0 Å². The number of ether oxygens (including phenoxy) is 1. The van der Waals surface area contributed by atoms with Gasteiger partial charge in [-0.2, -0.15) is 0 Å². The summed E-state index contributed by atoms with van der Waals surface area (Å²) in [4.78, 5) is 18.0. The van der Waals surface area contributed by atoms with Gasteiger partial charge >= 0.3 is 0 Å². The molecule has 2 aliphatic rings. The highest BCUT2D eigenvalue weighted by atomic mass is 16.5. The Kier molecular flexibility index (Phi) is 6.85. The second kappa shape index (κ2) is 9.94. The van der Waals surface area contributed by atoms with Gasteiger partial charge in [-0.1, -0.05) is 54.6 Å². The Balaban J connectivity index is 1.36. The maximum absolute atomic E-state index is 13.4. The first-order valence-corrected chi connectivity index (χ1v) is 11.1. The summed E-state index contributed by atoms with van der Waals surface area (Å²) in [5.74, 6) is 1.73. The molecule has 1 amide bonds. The summed E-state index contributed by atoms with van der Waals surface area (Å²) in [5.41, 5.74) is 2.49.